The molecular formula is C25H18N4O4S. The Kier molecular flexibility index (Phi) is 6.91. The number of carbonyl (C=O) groups is 2. The van der Waals surface area contributed by atoms with Crippen LogP contribution in [0.5, 0.6) is 0 Å². The first-order chi connectivity index (χ1) is 16.6. The van der Waals surface area contributed by atoms with E-state index in [2.05, 4.69) is 21.6 Å². The Morgan fingerprint density at radius 2 is 1.82 bits per heavy atom. The maximum atomic E-state index is 12.3. The van der Waals surface area contributed by atoms with Crippen LogP contribution in [0.3, 0.4) is 0 Å². The summed E-state index contributed by atoms with van der Waals surface area (Å²) in [4.78, 5) is 24.1. The summed E-state index contributed by atoms with van der Waals surface area (Å²) in [5.74, 6) is 0.334. The summed E-state index contributed by atoms with van der Waals surface area (Å²) < 4.78 is 10.8. The summed E-state index contributed by atoms with van der Waals surface area (Å²) in [6.45, 7) is 2.06. The third-order valence-electron chi connectivity index (χ3n) is 4.63. The second-order valence-corrected chi connectivity index (χ2v) is 7.88. The number of rotatable bonds is 7. The van der Waals surface area contributed by atoms with Crippen molar-refractivity contribution in [1.82, 2.24) is 10.2 Å². The first kappa shape index (κ1) is 22.6. The number of nitrogens with one attached hydrogen (secondary N) is 1. The minimum Gasteiger partial charge on any atom is -0.462 e. The predicted molar refractivity (Wildman–Crippen MR) is 128 cm³/mol. The van der Waals surface area contributed by atoms with Crippen LogP contribution >= 0.6 is 11.3 Å². The third kappa shape index (κ3) is 5.26. The van der Waals surface area contributed by atoms with Gasteiger partial charge >= 0.3 is 5.97 Å². The second-order valence-electron chi connectivity index (χ2n) is 6.90. The van der Waals surface area contributed by atoms with Gasteiger partial charge in [0.2, 0.25) is 5.13 Å². The first-order valence-electron chi connectivity index (χ1n) is 10.3. The number of furan rings is 1. The molecule has 0 fully saturated rings. The number of aromatic nitrogens is 2. The van der Waals surface area contributed by atoms with Crippen molar-refractivity contribution in [2.24, 2.45) is 0 Å². The standard InChI is InChI=1S/C25H18N4O4S/c1-2-32-24(31)18-10-8-16(9-11-18)21-13-12-20(33-21)14-19(15-26)23-28-29-25(34-23)27-22(30)17-6-4-3-5-7-17/h3-14H,2H2,1H3,(H,27,29,30)/b19-14+. The van der Waals surface area contributed by atoms with E-state index >= 15 is 0 Å². The summed E-state index contributed by atoms with van der Waals surface area (Å²) >= 11 is 1.09. The van der Waals surface area contributed by atoms with Crippen molar-refractivity contribution in [1.29, 1.82) is 5.26 Å². The highest BCUT2D eigenvalue weighted by molar-refractivity contribution is 7.16. The minimum absolute atomic E-state index is 0.247. The van der Waals surface area contributed by atoms with E-state index in [0.29, 0.717) is 34.3 Å². The van der Waals surface area contributed by atoms with Crippen molar-refractivity contribution in [3.8, 4) is 17.4 Å². The zero-order valence-electron chi connectivity index (χ0n) is 18.0. The molecule has 2 aromatic heterocycles. The Labute approximate surface area is 199 Å². The molecule has 1 amide bonds. The molecule has 0 radical (unpaired) electrons. The second kappa shape index (κ2) is 10.4. The molecule has 0 saturated heterocycles. The number of hydrogen-bond donors (Lipinski definition) is 1. The number of allylic oxidation sites excluding steroid dienone is 1. The Morgan fingerprint density at radius 3 is 2.53 bits per heavy atom. The number of ether oxygens (including phenoxy) is 1. The Hall–Kier alpha value is -4.55. The maximum absolute atomic E-state index is 12.3. The summed E-state index contributed by atoms with van der Waals surface area (Å²) in [5, 5.41) is 20.9. The van der Waals surface area contributed by atoms with E-state index in [-0.39, 0.29) is 22.6 Å². The topological polar surface area (TPSA) is 118 Å². The smallest absolute Gasteiger partial charge is 0.338 e. The van der Waals surface area contributed by atoms with Crippen LogP contribution in [0.2, 0.25) is 0 Å². The van der Waals surface area contributed by atoms with E-state index in [1.165, 1.54) is 0 Å². The zero-order valence-corrected chi connectivity index (χ0v) is 18.8. The molecule has 2 aromatic carbocycles. The normalized spacial score (nSPS) is 11.0. The van der Waals surface area contributed by atoms with Gasteiger partial charge in [-0.3, -0.25) is 10.1 Å². The van der Waals surface area contributed by atoms with Crippen LogP contribution in [0.15, 0.2) is 71.1 Å². The number of carbonyl (C=O) groups excluding carboxylic acids is 2. The molecule has 0 aliphatic carbocycles. The van der Waals surface area contributed by atoms with E-state index < -0.39 is 0 Å². The average molecular weight is 471 g/mol. The summed E-state index contributed by atoms with van der Waals surface area (Å²) in [7, 11) is 0. The molecule has 4 rings (SSSR count). The monoisotopic (exact) mass is 470 g/mol. The fourth-order valence-corrected chi connectivity index (χ4v) is 3.70. The van der Waals surface area contributed by atoms with Crippen LogP contribution in [0, 0.1) is 11.3 Å². The molecule has 0 aliphatic rings. The average Bonchev–Trinajstić information content (AvgIpc) is 3.53. The van der Waals surface area contributed by atoms with Crippen LogP contribution in [0.25, 0.3) is 23.0 Å². The van der Waals surface area contributed by atoms with Crippen LogP contribution in [0.4, 0.5) is 5.13 Å². The molecule has 0 spiro atoms. The molecule has 0 unspecified atom stereocenters. The van der Waals surface area contributed by atoms with Crippen LogP contribution in [-0.4, -0.2) is 28.7 Å². The zero-order chi connectivity index (χ0) is 23.9. The fourth-order valence-electron chi connectivity index (χ4n) is 3.00. The highest BCUT2D eigenvalue weighted by Crippen LogP contribution is 2.28. The SMILES string of the molecule is CCOC(=O)c1ccc(-c2ccc(/C=C(\C#N)c3nnc(NC(=O)c4ccccc4)s3)o2)cc1. The van der Waals surface area contributed by atoms with Crippen LogP contribution < -0.4 is 5.32 Å². The molecule has 2 heterocycles. The Balaban J connectivity index is 1.48. The van der Waals surface area contributed by atoms with Gasteiger partial charge in [-0.05, 0) is 43.3 Å². The van der Waals surface area contributed by atoms with E-state index in [4.69, 9.17) is 9.15 Å². The van der Waals surface area contributed by atoms with Gasteiger partial charge in [0.05, 0.1) is 17.7 Å². The number of nitrogens with zero attached hydrogens (tertiary/aromatic N) is 3. The lowest BCUT2D eigenvalue weighted by Crippen LogP contribution is -2.11. The first-order valence-corrected chi connectivity index (χ1v) is 11.1. The van der Waals surface area contributed by atoms with Gasteiger partial charge in [-0.25, -0.2) is 4.79 Å². The van der Waals surface area contributed by atoms with Gasteiger partial charge in [0, 0.05) is 17.2 Å². The lowest BCUT2D eigenvalue weighted by Gasteiger charge is -2.02. The van der Waals surface area contributed by atoms with E-state index in [1.807, 2.05) is 6.07 Å². The van der Waals surface area contributed by atoms with Crippen molar-refractivity contribution < 1.29 is 18.7 Å². The van der Waals surface area contributed by atoms with E-state index in [9.17, 15) is 14.9 Å². The number of nitriles is 1. The Morgan fingerprint density at radius 1 is 1.06 bits per heavy atom. The Bertz CT molecular complexity index is 1380. The van der Waals surface area contributed by atoms with Gasteiger partial charge < -0.3 is 9.15 Å². The van der Waals surface area contributed by atoms with Gasteiger partial charge in [-0.2, -0.15) is 5.26 Å². The van der Waals surface area contributed by atoms with Crippen molar-refractivity contribution >= 4 is 40.0 Å². The van der Waals surface area contributed by atoms with Crippen LogP contribution in [-0.2, 0) is 4.74 Å². The van der Waals surface area contributed by atoms with E-state index in [0.717, 1.165) is 16.9 Å². The van der Waals surface area contributed by atoms with Crippen LogP contribution in [0.1, 0.15) is 38.4 Å². The lowest BCUT2D eigenvalue weighted by atomic mass is 10.1. The minimum atomic E-state index is -0.382. The summed E-state index contributed by atoms with van der Waals surface area (Å²) in [6, 6.07) is 21.2. The van der Waals surface area contributed by atoms with Crippen molar-refractivity contribution in [2.75, 3.05) is 11.9 Å². The maximum Gasteiger partial charge on any atom is 0.338 e. The van der Waals surface area contributed by atoms with Gasteiger partial charge in [0.15, 0.2) is 5.01 Å². The van der Waals surface area contributed by atoms with Gasteiger partial charge in [-0.15, -0.1) is 10.2 Å². The quantitative estimate of drug-likeness (QED) is 0.288. The molecular weight excluding hydrogens is 452 g/mol. The molecule has 8 nitrogen and oxygen atoms in total. The number of anilines is 1. The van der Waals surface area contributed by atoms with Gasteiger partial charge in [0.1, 0.15) is 17.6 Å². The van der Waals surface area contributed by atoms with Gasteiger partial charge in [-0.1, -0.05) is 41.7 Å². The highest BCUT2D eigenvalue weighted by Gasteiger charge is 2.14. The largest absolute Gasteiger partial charge is 0.462 e. The van der Waals surface area contributed by atoms with Crippen molar-refractivity contribution in [3.63, 3.8) is 0 Å². The van der Waals surface area contributed by atoms with Gasteiger partial charge in [0.25, 0.3) is 5.91 Å². The third-order valence-corrected chi connectivity index (χ3v) is 5.50. The molecule has 168 valence electrons. The fraction of sp³-hybridized carbons (Fsp3) is 0.0800. The molecule has 34 heavy (non-hydrogen) atoms. The number of esters is 1. The summed E-state index contributed by atoms with van der Waals surface area (Å²) in [5.41, 5.74) is 1.97. The van der Waals surface area contributed by atoms with E-state index in [1.54, 1.807) is 73.7 Å². The number of benzene rings is 2. The molecule has 9 heteroatoms. The predicted octanol–water partition coefficient (Wildman–Crippen LogP) is 5.29. The number of amides is 1. The molecule has 4 aromatic rings. The lowest BCUT2D eigenvalue weighted by molar-refractivity contribution is 0.0526. The molecule has 0 saturated carbocycles. The highest BCUT2D eigenvalue weighted by atomic mass is 32.1. The summed E-state index contributed by atoms with van der Waals surface area (Å²) in [6.07, 6.45) is 1.56. The number of hydrogen-bond acceptors (Lipinski definition) is 8. The molecule has 0 bridgehead atoms. The molecule has 0 aliphatic heterocycles. The molecule has 1 N–H and O–H groups in total. The van der Waals surface area contributed by atoms with Crippen molar-refractivity contribution in [2.45, 2.75) is 6.92 Å². The van der Waals surface area contributed by atoms with Crippen molar-refractivity contribution in [3.05, 3.63) is 88.6 Å². The molecule has 0 atom stereocenters.